The number of rotatable bonds is 4. The summed E-state index contributed by atoms with van der Waals surface area (Å²) in [6.07, 6.45) is 3.54. The second-order valence-corrected chi connectivity index (χ2v) is 7.02. The predicted molar refractivity (Wildman–Crippen MR) is 104 cm³/mol. The van der Waals surface area contributed by atoms with E-state index in [-0.39, 0.29) is 5.91 Å². The maximum absolute atomic E-state index is 12.8. The van der Waals surface area contributed by atoms with Crippen LogP contribution in [0.3, 0.4) is 0 Å². The molecule has 0 atom stereocenters. The van der Waals surface area contributed by atoms with Gasteiger partial charge < -0.3 is 14.5 Å². The van der Waals surface area contributed by atoms with Gasteiger partial charge in [-0.15, -0.1) is 0 Å². The van der Waals surface area contributed by atoms with E-state index in [4.69, 9.17) is 4.74 Å². The number of amides is 1. The lowest BCUT2D eigenvalue weighted by molar-refractivity contribution is 0.0488. The van der Waals surface area contributed by atoms with Gasteiger partial charge in [0, 0.05) is 24.7 Å². The molecule has 3 rings (SSSR count). The molecule has 0 aliphatic carbocycles. The highest BCUT2D eigenvalue weighted by atomic mass is 16.5. The summed E-state index contributed by atoms with van der Waals surface area (Å²) in [5.74, 6) is 1.35. The van der Waals surface area contributed by atoms with Gasteiger partial charge in [-0.25, -0.2) is 0 Å². The summed E-state index contributed by atoms with van der Waals surface area (Å²) in [5, 5.41) is 0. The molecule has 1 aromatic carbocycles. The van der Waals surface area contributed by atoms with Gasteiger partial charge in [0.05, 0.1) is 7.11 Å². The quantitative estimate of drug-likeness (QED) is 0.821. The molecule has 2 saturated heterocycles. The predicted octanol–water partition coefficient (Wildman–Crippen LogP) is 4.16. The molecule has 0 N–H and O–H groups in total. The number of likely N-dealkylation sites (tertiary alicyclic amines) is 2. The Balaban J connectivity index is 0.00000109. The first kappa shape index (κ1) is 19.8. The Labute approximate surface area is 153 Å². The van der Waals surface area contributed by atoms with Crippen molar-refractivity contribution < 1.29 is 9.53 Å². The van der Waals surface area contributed by atoms with Crippen LogP contribution < -0.4 is 4.74 Å². The van der Waals surface area contributed by atoms with Crippen LogP contribution in [0.15, 0.2) is 18.2 Å². The van der Waals surface area contributed by atoms with E-state index in [9.17, 15) is 4.79 Å². The van der Waals surface area contributed by atoms with Gasteiger partial charge in [-0.1, -0.05) is 33.8 Å². The fourth-order valence-corrected chi connectivity index (χ4v) is 3.64. The van der Waals surface area contributed by atoms with Crippen molar-refractivity contribution in [2.24, 2.45) is 0 Å². The number of hydrogen-bond acceptors (Lipinski definition) is 3. The van der Waals surface area contributed by atoms with Crippen molar-refractivity contribution in [1.29, 1.82) is 0 Å². The Bertz CT molecular complexity index is 559. The Morgan fingerprint density at radius 3 is 2.24 bits per heavy atom. The molecule has 0 unspecified atom stereocenters. The molecule has 2 aliphatic heterocycles. The second kappa shape index (κ2) is 9.23. The number of ether oxygens (including phenoxy) is 1. The lowest BCUT2D eigenvalue weighted by atomic mass is 9.97. The van der Waals surface area contributed by atoms with Gasteiger partial charge >= 0.3 is 0 Å². The molecule has 25 heavy (non-hydrogen) atoms. The third kappa shape index (κ3) is 4.55. The van der Waals surface area contributed by atoms with Crippen LogP contribution in [0.2, 0.25) is 0 Å². The standard InChI is InChI=1S/C19H28N2O2.C2H6/c1-14(2)17-6-5-15(13-18(17)23-3)19(22)21-11-7-16(8-12-21)20-9-4-10-20;1-2/h5-6,13-14,16H,4,7-12H2,1-3H3;1-2H3. The zero-order valence-corrected chi connectivity index (χ0v) is 16.5. The van der Waals surface area contributed by atoms with E-state index in [0.717, 1.165) is 42.8 Å². The molecule has 0 saturated carbocycles. The topological polar surface area (TPSA) is 32.8 Å². The zero-order chi connectivity index (χ0) is 18.4. The molecule has 0 bridgehead atoms. The summed E-state index contributed by atoms with van der Waals surface area (Å²) < 4.78 is 5.48. The lowest BCUT2D eigenvalue weighted by Crippen LogP contribution is -2.51. The summed E-state index contributed by atoms with van der Waals surface area (Å²) in [7, 11) is 1.67. The normalized spacial score (nSPS) is 18.4. The maximum atomic E-state index is 12.8. The molecule has 4 nitrogen and oxygen atoms in total. The monoisotopic (exact) mass is 346 g/mol. The molecule has 0 aromatic heterocycles. The minimum Gasteiger partial charge on any atom is -0.496 e. The summed E-state index contributed by atoms with van der Waals surface area (Å²) in [4.78, 5) is 17.3. The van der Waals surface area contributed by atoms with Crippen LogP contribution in [0, 0.1) is 0 Å². The van der Waals surface area contributed by atoms with Crippen molar-refractivity contribution in [3.05, 3.63) is 29.3 Å². The van der Waals surface area contributed by atoms with Crippen molar-refractivity contribution in [2.75, 3.05) is 33.3 Å². The Morgan fingerprint density at radius 1 is 1.12 bits per heavy atom. The lowest BCUT2D eigenvalue weighted by Gasteiger charge is -2.43. The van der Waals surface area contributed by atoms with E-state index in [2.05, 4.69) is 18.7 Å². The molecule has 140 valence electrons. The molecule has 1 amide bonds. The Hall–Kier alpha value is -1.55. The molecular weight excluding hydrogens is 312 g/mol. The van der Waals surface area contributed by atoms with E-state index in [1.807, 2.05) is 36.9 Å². The van der Waals surface area contributed by atoms with Crippen LogP contribution in [0.4, 0.5) is 0 Å². The smallest absolute Gasteiger partial charge is 0.253 e. The molecule has 0 spiro atoms. The first-order valence-electron chi connectivity index (χ1n) is 9.81. The highest BCUT2D eigenvalue weighted by Gasteiger charge is 2.30. The maximum Gasteiger partial charge on any atom is 0.253 e. The number of piperidine rings is 1. The molecule has 0 radical (unpaired) electrons. The van der Waals surface area contributed by atoms with Gasteiger partial charge in [-0.2, -0.15) is 0 Å². The van der Waals surface area contributed by atoms with Gasteiger partial charge in [-0.3, -0.25) is 4.79 Å². The number of carbonyl (C=O) groups excluding carboxylic acids is 1. The second-order valence-electron chi connectivity index (χ2n) is 7.02. The van der Waals surface area contributed by atoms with Gasteiger partial charge in [0.15, 0.2) is 0 Å². The van der Waals surface area contributed by atoms with Crippen LogP contribution >= 0.6 is 0 Å². The van der Waals surface area contributed by atoms with E-state index in [0.29, 0.717) is 12.0 Å². The van der Waals surface area contributed by atoms with Crippen LogP contribution in [-0.2, 0) is 0 Å². The highest BCUT2D eigenvalue weighted by Crippen LogP contribution is 2.28. The number of benzene rings is 1. The zero-order valence-electron chi connectivity index (χ0n) is 16.5. The third-order valence-corrected chi connectivity index (χ3v) is 5.26. The highest BCUT2D eigenvalue weighted by molar-refractivity contribution is 5.94. The fraction of sp³-hybridized carbons (Fsp3) is 0.667. The summed E-state index contributed by atoms with van der Waals surface area (Å²) in [6.45, 7) is 12.5. The molecule has 2 fully saturated rings. The van der Waals surface area contributed by atoms with Gasteiger partial charge in [-0.05, 0) is 56.0 Å². The van der Waals surface area contributed by atoms with Crippen LogP contribution in [0.25, 0.3) is 0 Å². The fourth-order valence-electron chi connectivity index (χ4n) is 3.64. The summed E-state index contributed by atoms with van der Waals surface area (Å²) >= 11 is 0. The molecule has 1 aromatic rings. The van der Waals surface area contributed by atoms with Crippen molar-refractivity contribution in [3.63, 3.8) is 0 Å². The van der Waals surface area contributed by atoms with Crippen LogP contribution in [-0.4, -0.2) is 55.0 Å². The summed E-state index contributed by atoms with van der Waals surface area (Å²) in [6, 6.07) is 6.57. The molecule has 2 heterocycles. The number of nitrogens with zero attached hydrogens (tertiary/aromatic N) is 2. The third-order valence-electron chi connectivity index (χ3n) is 5.26. The van der Waals surface area contributed by atoms with E-state index < -0.39 is 0 Å². The molecule has 2 aliphatic rings. The Kier molecular flexibility index (Phi) is 7.30. The van der Waals surface area contributed by atoms with E-state index in [1.165, 1.54) is 19.5 Å². The van der Waals surface area contributed by atoms with Gasteiger partial charge in [0.2, 0.25) is 0 Å². The first-order valence-corrected chi connectivity index (χ1v) is 9.81. The van der Waals surface area contributed by atoms with Gasteiger partial charge in [0.1, 0.15) is 5.75 Å². The molecular formula is C21H34N2O2. The van der Waals surface area contributed by atoms with E-state index >= 15 is 0 Å². The average Bonchev–Trinajstić information content (AvgIpc) is 2.61. The number of carbonyl (C=O) groups is 1. The minimum absolute atomic E-state index is 0.140. The van der Waals surface area contributed by atoms with Crippen LogP contribution in [0.5, 0.6) is 5.75 Å². The largest absolute Gasteiger partial charge is 0.496 e. The SMILES string of the molecule is CC.COc1cc(C(=O)N2CCC(N3CCC3)CC2)ccc1C(C)C. The van der Waals surface area contributed by atoms with Gasteiger partial charge in [0.25, 0.3) is 5.91 Å². The number of methoxy groups -OCH3 is 1. The van der Waals surface area contributed by atoms with Crippen LogP contribution in [0.1, 0.15) is 68.8 Å². The van der Waals surface area contributed by atoms with Crippen molar-refractivity contribution >= 4 is 5.91 Å². The van der Waals surface area contributed by atoms with E-state index in [1.54, 1.807) is 7.11 Å². The van der Waals surface area contributed by atoms with Crippen molar-refractivity contribution in [1.82, 2.24) is 9.80 Å². The first-order chi connectivity index (χ1) is 12.1. The Morgan fingerprint density at radius 2 is 1.76 bits per heavy atom. The number of hydrogen-bond donors (Lipinski definition) is 0. The van der Waals surface area contributed by atoms with Crippen molar-refractivity contribution in [2.45, 2.75) is 58.9 Å². The average molecular weight is 347 g/mol. The van der Waals surface area contributed by atoms with Crippen molar-refractivity contribution in [3.8, 4) is 5.75 Å². The summed E-state index contributed by atoms with van der Waals surface area (Å²) in [5.41, 5.74) is 1.90. The minimum atomic E-state index is 0.140. The molecule has 4 heteroatoms.